The lowest BCUT2D eigenvalue weighted by Crippen LogP contribution is -2.23. The smallest absolute Gasteiger partial charge is 0.271 e. The van der Waals surface area contributed by atoms with Crippen molar-refractivity contribution in [2.75, 3.05) is 0 Å². The lowest BCUT2D eigenvalue weighted by Gasteiger charge is -2.05. The summed E-state index contributed by atoms with van der Waals surface area (Å²) in [5.41, 5.74) is 2.22. The number of thiazole rings is 1. The highest BCUT2D eigenvalue weighted by Gasteiger charge is 2.12. The quantitative estimate of drug-likeness (QED) is 0.554. The Balaban J connectivity index is 1.39. The predicted molar refractivity (Wildman–Crippen MR) is 105 cm³/mol. The van der Waals surface area contributed by atoms with Gasteiger partial charge in [0.1, 0.15) is 10.7 Å². The molecule has 8 heteroatoms. The third kappa shape index (κ3) is 4.05. The summed E-state index contributed by atoms with van der Waals surface area (Å²) < 4.78 is 1.68. The number of carbonyl (C=O) groups excluding carboxylic acids is 1. The van der Waals surface area contributed by atoms with Gasteiger partial charge in [-0.3, -0.25) is 4.79 Å². The minimum Gasteiger partial charge on any atom is -0.347 e. The zero-order valence-electron chi connectivity index (χ0n) is 14.0. The second-order valence-electron chi connectivity index (χ2n) is 5.70. The molecule has 6 nitrogen and oxygen atoms in total. The van der Waals surface area contributed by atoms with Crippen LogP contribution in [0.2, 0.25) is 5.02 Å². The van der Waals surface area contributed by atoms with E-state index >= 15 is 0 Å². The zero-order valence-corrected chi connectivity index (χ0v) is 15.6. The number of amides is 1. The molecule has 3 heterocycles. The van der Waals surface area contributed by atoms with Crippen molar-refractivity contribution in [2.45, 2.75) is 6.54 Å². The Morgan fingerprint density at radius 2 is 2.04 bits per heavy atom. The van der Waals surface area contributed by atoms with Crippen LogP contribution in [0.3, 0.4) is 0 Å². The van der Waals surface area contributed by atoms with Crippen molar-refractivity contribution in [1.82, 2.24) is 25.1 Å². The van der Waals surface area contributed by atoms with Crippen molar-refractivity contribution in [1.29, 1.82) is 0 Å². The summed E-state index contributed by atoms with van der Waals surface area (Å²) in [7, 11) is 0. The first-order valence-corrected chi connectivity index (χ1v) is 9.39. The number of hydrogen-bond donors (Lipinski definition) is 1. The van der Waals surface area contributed by atoms with Gasteiger partial charge in [0.15, 0.2) is 5.82 Å². The van der Waals surface area contributed by atoms with Crippen molar-refractivity contribution in [3.8, 4) is 16.4 Å². The zero-order chi connectivity index (χ0) is 18.6. The van der Waals surface area contributed by atoms with Gasteiger partial charge >= 0.3 is 0 Å². The molecule has 1 aromatic carbocycles. The third-order valence-electron chi connectivity index (χ3n) is 3.83. The van der Waals surface area contributed by atoms with E-state index in [1.165, 1.54) is 11.3 Å². The Morgan fingerprint density at radius 3 is 2.74 bits per heavy atom. The first kappa shape index (κ1) is 17.4. The topological polar surface area (TPSA) is 72.7 Å². The molecular weight excluding hydrogens is 382 g/mol. The molecule has 4 rings (SSSR count). The maximum absolute atomic E-state index is 12.3. The maximum Gasteiger partial charge on any atom is 0.271 e. The van der Waals surface area contributed by atoms with E-state index in [0.29, 0.717) is 17.3 Å². The van der Waals surface area contributed by atoms with Gasteiger partial charge < -0.3 is 5.32 Å². The van der Waals surface area contributed by atoms with Gasteiger partial charge in [-0.25, -0.2) is 14.6 Å². The number of nitrogens with one attached hydrogen (secondary N) is 1. The first-order chi connectivity index (χ1) is 13.2. The van der Waals surface area contributed by atoms with Crippen molar-refractivity contribution in [3.05, 3.63) is 82.7 Å². The summed E-state index contributed by atoms with van der Waals surface area (Å²) in [4.78, 5) is 21.1. The summed E-state index contributed by atoms with van der Waals surface area (Å²) in [5.74, 6) is 0.504. The summed E-state index contributed by atoms with van der Waals surface area (Å²) in [6.07, 6.45) is 5.24. The monoisotopic (exact) mass is 395 g/mol. The van der Waals surface area contributed by atoms with Gasteiger partial charge in [-0.1, -0.05) is 29.8 Å². The van der Waals surface area contributed by atoms with E-state index in [-0.39, 0.29) is 5.91 Å². The average molecular weight is 396 g/mol. The molecule has 1 N–H and O–H groups in total. The number of pyridine rings is 1. The lowest BCUT2D eigenvalue weighted by molar-refractivity contribution is 0.0946. The standard InChI is InChI=1S/C19H14ClN5OS/c20-15-5-3-14(4-6-15)19-24-16(12-27-19)18(26)22-11-13-2-7-17(21-10-13)25-9-1-8-23-25/h1-10,12H,11H2,(H,22,26). The molecule has 0 unspecified atom stereocenters. The molecular formula is C19H14ClN5OS. The second kappa shape index (κ2) is 7.69. The molecule has 0 radical (unpaired) electrons. The van der Waals surface area contributed by atoms with Crippen molar-refractivity contribution >= 4 is 28.8 Å². The van der Waals surface area contributed by atoms with E-state index < -0.39 is 0 Å². The van der Waals surface area contributed by atoms with Crippen LogP contribution in [-0.2, 0) is 6.54 Å². The highest BCUT2D eigenvalue weighted by atomic mass is 35.5. The van der Waals surface area contributed by atoms with Gasteiger partial charge in [0.2, 0.25) is 0 Å². The summed E-state index contributed by atoms with van der Waals surface area (Å²) in [5, 5.41) is 10.2. The molecule has 3 aromatic heterocycles. The summed E-state index contributed by atoms with van der Waals surface area (Å²) in [6, 6.07) is 13.0. The SMILES string of the molecule is O=C(NCc1ccc(-n2cccn2)nc1)c1csc(-c2ccc(Cl)cc2)n1. The number of aromatic nitrogens is 4. The van der Waals surface area contributed by atoms with E-state index in [2.05, 4.69) is 20.4 Å². The summed E-state index contributed by atoms with van der Waals surface area (Å²) in [6.45, 7) is 0.374. The Bertz CT molecular complexity index is 1040. The molecule has 0 atom stereocenters. The van der Waals surface area contributed by atoms with Crippen LogP contribution < -0.4 is 5.32 Å². The van der Waals surface area contributed by atoms with Crippen molar-refractivity contribution in [2.24, 2.45) is 0 Å². The highest BCUT2D eigenvalue weighted by Crippen LogP contribution is 2.25. The number of rotatable bonds is 5. The molecule has 134 valence electrons. The number of halogens is 1. The number of benzene rings is 1. The van der Waals surface area contributed by atoms with Crippen molar-refractivity contribution in [3.63, 3.8) is 0 Å². The van der Waals surface area contributed by atoms with Crippen LogP contribution in [0.1, 0.15) is 16.1 Å². The Labute approximate surface area is 164 Å². The van der Waals surface area contributed by atoms with Crippen molar-refractivity contribution < 1.29 is 4.79 Å². The Morgan fingerprint density at radius 1 is 1.19 bits per heavy atom. The Kier molecular flexibility index (Phi) is 4.95. The van der Waals surface area contributed by atoms with Crippen LogP contribution in [0.15, 0.2) is 66.4 Å². The van der Waals surface area contributed by atoms with Crippen LogP contribution in [0.5, 0.6) is 0 Å². The molecule has 0 aliphatic heterocycles. The number of hydrogen-bond acceptors (Lipinski definition) is 5. The van der Waals surface area contributed by atoms with Crippen LogP contribution in [-0.4, -0.2) is 25.7 Å². The van der Waals surface area contributed by atoms with E-state index in [0.717, 1.165) is 22.0 Å². The number of nitrogens with zero attached hydrogens (tertiary/aromatic N) is 4. The minimum absolute atomic E-state index is 0.220. The predicted octanol–water partition coefficient (Wildman–Crippen LogP) is 3.97. The largest absolute Gasteiger partial charge is 0.347 e. The molecule has 0 fully saturated rings. The molecule has 0 saturated carbocycles. The van der Waals surface area contributed by atoms with Crippen LogP contribution in [0.4, 0.5) is 0 Å². The van der Waals surface area contributed by atoms with E-state index in [4.69, 9.17) is 11.6 Å². The second-order valence-corrected chi connectivity index (χ2v) is 7.00. The maximum atomic E-state index is 12.3. The average Bonchev–Trinajstić information content (AvgIpc) is 3.39. The molecule has 4 aromatic rings. The van der Waals surface area contributed by atoms with Gasteiger partial charge in [-0.05, 0) is 29.8 Å². The first-order valence-electron chi connectivity index (χ1n) is 8.14. The van der Waals surface area contributed by atoms with Gasteiger partial charge in [0.25, 0.3) is 5.91 Å². The molecule has 0 aliphatic carbocycles. The Hall–Kier alpha value is -3.03. The van der Waals surface area contributed by atoms with Crippen LogP contribution in [0.25, 0.3) is 16.4 Å². The molecule has 0 aliphatic rings. The molecule has 0 saturated heterocycles. The van der Waals surface area contributed by atoms with Gasteiger partial charge in [-0.15, -0.1) is 11.3 Å². The number of carbonyl (C=O) groups is 1. The molecule has 27 heavy (non-hydrogen) atoms. The molecule has 0 bridgehead atoms. The van der Waals surface area contributed by atoms with Crippen LogP contribution >= 0.6 is 22.9 Å². The van der Waals surface area contributed by atoms with Gasteiger partial charge in [-0.2, -0.15) is 5.10 Å². The molecule has 1 amide bonds. The van der Waals surface area contributed by atoms with Gasteiger partial charge in [0, 0.05) is 41.1 Å². The minimum atomic E-state index is -0.220. The fourth-order valence-corrected chi connectivity index (χ4v) is 3.37. The van der Waals surface area contributed by atoms with E-state index in [9.17, 15) is 4.79 Å². The summed E-state index contributed by atoms with van der Waals surface area (Å²) >= 11 is 7.32. The van der Waals surface area contributed by atoms with E-state index in [1.807, 2.05) is 36.5 Å². The fraction of sp³-hybridized carbons (Fsp3) is 0.0526. The highest BCUT2D eigenvalue weighted by molar-refractivity contribution is 7.13. The van der Waals surface area contributed by atoms with Gasteiger partial charge in [0.05, 0.1) is 0 Å². The van der Waals surface area contributed by atoms with Crippen LogP contribution in [0, 0.1) is 0 Å². The fourth-order valence-electron chi connectivity index (χ4n) is 2.44. The lowest BCUT2D eigenvalue weighted by atomic mass is 10.2. The van der Waals surface area contributed by atoms with E-state index in [1.54, 1.807) is 34.6 Å². The molecule has 0 spiro atoms. The normalized spacial score (nSPS) is 10.7. The third-order valence-corrected chi connectivity index (χ3v) is 4.97.